The van der Waals surface area contributed by atoms with Crippen LogP contribution in [0.25, 0.3) is 38.6 Å². The number of aromatic hydroxyl groups is 2. The molecule has 5 aromatic carbocycles. The van der Waals surface area contributed by atoms with Crippen LogP contribution in [0.15, 0.2) is 137 Å². The number of benzene rings is 5. The first-order valence-corrected chi connectivity index (χ1v) is 14.9. The lowest BCUT2D eigenvalue weighted by molar-refractivity contribution is 0.462. The van der Waals surface area contributed by atoms with Crippen molar-refractivity contribution in [2.45, 2.75) is 19.3 Å². The van der Waals surface area contributed by atoms with Crippen molar-refractivity contribution in [2.24, 2.45) is 0 Å². The third-order valence-corrected chi connectivity index (χ3v) is 8.54. The highest BCUT2D eigenvalue weighted by atomic mass is 16.3. The Kier molecular flexibility index (Phi) is 7.02. The second-order valence-corrected chi connectivity index (χ2v) is 11.1. The molecule has 0 saturated heterocycles. The van der Waals surface area contributed by atoms with Crippen LogP contribution in [-0.4, -0.2) is 19.8 Å². The molecular weight excluding hydrogens is 560 g/mol. The van der Waals surface area contributed by atoms with E-state index in [-0.39, 0.29) is 22.6 Å². The van der Waals surface area contributed by atoms with E-state index in [0.29, 0.717) is 33.1 Å². The molecule has 0 aliphatic carbocycles. The molecule has 6 heteroatoms. The van der Waals surface area contributed by atoms with E-state index < -0.39 is 17.0 Å². The molecule has 220 valence electrons. The highest BCUT2D eigenvalue weighted by Crippen LogP contribution is 2.43. The van der Waals surface area contributed by atoms with Gasteiger partial charge in [0.05, 0.1) is 28.1 Å². The smallest absolute Gasteiger partial charge is 0.263 e. The maximum absolute atomic E-state index is 14.6. The van der Waals surface area contributed by atoms with Crippen molar-refractivity contribution in [3.05, 3.63) is 170 Å². The fraction of sp³-hybridized carbons (Fsp3) is 0.0769. The van der Waals surface area contributed by atoms with Crippen molar-refractivity contribution in [3.63, 3.8) is 0 Å². The fourth-order valence-electron chi connectivity index (χ4n) is 6.31. The highest BCUT2D eigenvalue weighted by Gasteiger charge is 2.32. The van der Waals surface area contributed by atoms with Gasteiger partial charge in [0, 0.05) is 22.0 Å². The number of H-pyrrole nitrogens is 1. The summed E-state index contributed by atoms with van der Waals surface area (Å²) in [5, 5.41) is 24.7. The first-order valence-electron chi connectivity index (χ1n) is 14.9. The Morgan fingerprint density at radius 3 is 2.00 bits per heavy atom. The number of hydrogen-bond acceptors (Lipinski definition) is 4. The van der Waals surface area contributed by atoms with E-state index in [1.54, 1.807) is 28.8 Å². The van der Waals surface area contributed by atoms with Gasteiger partial charge < -0.3 is 15.2 Å². The summed E-state index contributed by atoms with van der Waals surface area (Å²) in [5.41, 5.74) is 3.89. The lowest BCUT2D eigenvalue weighted by Crippen LogP contribution is -2.28. The summed E-state index contributed by atoms with van der Waals surface area (Å²) < 4.78 is 1.55. The van der Waals surface area contributed by atoms with E-state index in [1.165, 1.54) is 0 Å². The molecule has 0 aliphatic heterocycles. The second-order valence-electron chi connectivity index (χ2n) is 11.1. The summed E-state index contributed by atoms with van der Waals surface area (Å²) in [7, 11) is 0. The molecule has 0 radical (unpaired) electrons. The summed E-state index contributed by atoms with van der Waals surface area (Å²) in [4.78, 5) is 31.9. The van der Waals surface area contributed by atoms with Gasteiger partial charge in [0.15, 0.2) is 0 Å². The second kappa shape index (κ2) is 11.3. The molecule has 2 aromatic heterocycles. The molecule has 0 fully saturated rings. The number of aromatic nitrogens is 2. The zero-order chi connectivity index (χ0) is 31.1. The number of hydrogen-bond donors (Lipinski definition) is 3. The molecule has 0 unspecified atom stereocenters. The summed E-state index contributed by atoms with van der Waals surface area (Å²) in [6, 6.07) is 39.0. The van der Waals surface area contributed by atoms with Gasteiger partial charge in [-0.1, -0.05) is 104 Å². The van der Waals surface area contributed by atoms with Gasteiger partial charge in [0.2, 0.25) is 0 Å². The molecule has 0 saturated carbocycles. The average molecular weight is 591 g/mol. The molecule has 0 amide bonds. The Morgan fingerprint density at radius 2 is 1.29 bits per heavy atom. The van der Waals surface area contributed by atoms with Gasteiger partial charge >= 0.3 is 0 Å². The van der Waals surface area contributed by atoms with Crippen LogP contribution in [0.2, 0.25) is 0 Å². The quantitative estimate of drug-likeness (QED) is 0.185. The number of nitrogens with zero attached hydrogens (tertiary/aromatic N) is 1. The van der Waals surface area contributed by atoms with E-state index in [2.05, 4.69) is 4.98 Å². The molecule has 45 heavy (non-hydrogen) atoms. The van der Waals surface area contributed by atoms with Crippen LogP contribution in [0, 0.1) is 0 Å². The van der Waals surface area contributed by atoms with E-state index in [1.807, 2.05) is 110 Å². The van der Waals surface area contributed by atoms with Gasteiger partial charge in [-0.15, -0.1) is 0 Å². The van der Waals surface area contributed by atoms with Gasteiger partial charge in [-0.3, -0.25) is 14.2 Å². The highest BCUT2D eigenvalue weighted by molar-refractivity contribution is 5.97. The molecule has 0 spiro atoms. The van der Waals surface area contributed by atoms with Crippen LogP contribution in [0.4, 0.5) is 0 Å². The van der Waals surface area contributed by atoms with Crippen LogP contribution in [0.3, 0.4) is 0 Å². The van der Waals surface area contributed by atoms with Crippen molar-refractivity contribution in [2.75, 3.05) is 0 Å². The van der Waals surface area contributed by atoms with Crippen LogP contribution >= 0.6 is 0 Å². The Balaban J connectivity index is 1.59. The van der Waals surface area contributed by atoms with Crippen LogP contribution in [0.1, 0.15) is 35.1 Å². The van der Waals surface area contributed by atoms with Crippen LogP contribution in [-0.2, 0) is 6.42 Å². The SMILES string of the molecule is CCc1ccc([C@H](c2c(O)c3cccc(-c4ccccc4)c3[nH]c2=O)c2c(O)c3ccccc3n(-c3ccccc3)c2=O)cc1. The number of nitrogens with one attached hydrogen (secondary N) is 1. The van der Waals surface area contributed by atoms with Crippen molar-refractivity contribution >= 4 is 21.8 Å². The third kappa shape index (κ3) is 4.68. The predicted molar refractivity (Wildman–Crippen MR) is 180 cm³/mol. The van der Waals surface area contributed by atoms with Gasteiger partial charge in [0.1, 0.15) is 11.5 Å². The Labute approximate surface area is 259 Å². The largest absolute Gasteiger partial charge is 0.507 e. The first-order chi connectivity index (χ1) is 22.0. The molecular formula is C39H30N2O4. The summed E-state index contributed by atoms with van der Waals surface area (Å²) in [6.07, 6.45) is 0.803. The van der Waals surface area contributed by atoms with E-state index >= 15 is 0 Å². The average Bonchev–Trinajstić information content (AvgIpc) is 3.08. The fourth-order valence-corrected chi connectivity index (χ4v) is 6.31. The van der Waals surface area contributed by atoms with Gasteiger partial charge in [-0.25, -0.2) is 0 Å². The van der Waals surface area contributed by atoms with Crippen LogP contribution < -0.4 is 11.1 Å². The minimum Gasteiger partial charge on any atom is -0.507 e. The monoisotopic (exact) mass is 590 g/mol. The zero-order valence-electron chi connectivity index (χ0n) is 24.6. The Bertz CT molecular complexity index is 2310. The molecule has 3 N–H and O–H groups in total. The normalized spacial score (nSPS) is 12.0. The number of rotatable bonds is 6. The van der Waals surface area contributed by atoms with Crippen molar-refractivity contribution in [3.8, 4) is 28.3 Å². The maximum atomic E-state index is 14.6. The maximum Gasteiger partial charge on any atom is 0.263 e. The Morgan fingerprint density at radius 1 is 0.667 bits per heavy atom. The standard InChI is InChI=1S/C39H30N2O4/c1-2-24-20-22-26(23-21-24)32(33-37(43)30-18-11-17-28(35(30)40-38(33)44)25-12-5-3-6-13-25)34-36(42)29-16-9-10-19-31(29)41(39(34)45)27-14-7-4-8-15-27/h3-23,32,42H,2H2,1H3,(H2,40,43,44)/t32-/m1/s1. The number of fused-ring (bicyclic) bond motifs is 2. The van der Waals surface area contributed by atoms with Crippen molar-refractivity contribution in [1.82, 2.24) is 9.55 Å². The predicted octanol–water partition coefficient (Wildman–Crippen LogP) is 7.65. The van der Waals surface area contributed by atoms with E-state index in [4.69, 9.17) is 0 Å². The third-order valence-electron chi connectivity index (χ3n) is 8.54. The molecule has 0 bridgehead atoms. The lowest BCUT2D eigenvalue weighted by Gasteiger charge is -2.23. The van der Waals surface area contributed by atoms with Crippen molar-refractivity contribution in [1.29, 1.82) is 0 Å². The lowest BCUT2D eigenvalue weighted by atomic mass is 9.83. The number of aryl methyl sites for hydroxylation is 1. The number of pyridine rings is 2. The molecule has 2 heterocycles. The minimum atomic E-state index is -1.09. The molecule has 7 aromatic rings. The minimum absolute atomic E-state index is 0.00108. The molecule has 7 rings (SSSR count). The summed E-state index contributed by atoms with van der Waals surface area (Å²) in [5.74, 6) is -1.56. The molecule has 6 nitrogen and oxygen atoms in total. The van der Waals surface area contributed by atoms with Gasteiger partial charge in [-0.2, -0.15) is 0 Å². The number of aromatic amines is 1. The molecule has 0 aliphatic rings. The van der Waals surface area contributed by atoms with E-state index in [0.717, 1.165) is 23.1 Å². The Hall–Kier alpha value is -5.88. The van der Waals surface area contributed by atoms with Crippen LogP contribution in [0.5, 0.6) is 11.5 Å². The number of para-hydroxylation sites is 3. The van der Waals surface area contributed by atoms with Gasteiger partial charge in [0.25, 0.3) is 11.1 Å². The summed E-state index contributed by atoms with van der Waals surface area (Å²) >= 11 is 0. The van der Waals surface area contributed by atoms with Crippen molar-refractivity contribution < 1.29 is 10.2 Å². The zero-order valence-corrected chi connectivity index (χ0v) is 24.6. The molecule has 1 atom stereocenters. The summed E-state index contributed by atoms with van der Waals surface area (Å²) in [6.45, 7) is 2.05. The first kappa shape index (κ1) is 27.9. The van der Waals surface area contributed by atoms with E-state index in [9.17, 15) is 19.8 Å². The topological polar surface area (TPSA) is 95.3 Å². The van der Waals surface area contributed by atoms with Gasteiger partial charge in [-0.05, 0) is 53.4 Å².